The summed E-state index contributed by atoms with van der Waals surface area (Å²) in [5.74, 6) is 2.67. The molecule has 94 valence electrons. The Kier molecular flexibility index (Phi) is 4.98. The van der Waals surface area contributed by atoms with Crippen LogP contribution in [0.4, 0.5) is 0 Å². The SMILES string of the molecule is CCOCCC1(CNC2CCSC2)CCC1. The maximum absolute atomic E-state index is 5.50. The Labute approximate surface area is 104 Å². The molecule has 0 aromatic rings. The summed E-state index contributed by atoms with van der Waals surface area (Å²) in [4.78, 5) is 0. The minimum Gasteiger partial charge on any atom is -0.382 e. The molecule has 2 nitrogen and oxygen atoms in total. The number of hydrogen-bond donors (Lipinski definition) is 1. The van der Waals surface area contributed by atoms with Crippen molar-refractivity contribution in [3.63, 3.8) is 0 Å². The van der Waals surface area contributed by atoms with E-state index in [2.05, 4.69) is 24.0 Å². The van der Waals surface area contributed by atoms with Crippen LogP contribution in [0, 0.1) is 5.41 Å². The summed E-state index contributed by atoms with van der Waals surface area (Å²) in [6.45, 7) is 5.13. The molecule has 1 saturated heterocycles. The third-order valence-corrected chi connectivity index (χ3v) is 5.25. The zero-order chi connectivity index (χ0) is 11.3. The first-order valence-electron chi connectivity index (χ1n) is 6.73. The van der Waals surface area contributed by atoms with Crippen LogP contribution in [0.25, 0.3) is 0 Å². The molecule has 2 rings (SSSR count). The van der Waals surface area contributed by atoms with Gasteiger partial charge in [-0.25, -0.2) is 0 Å². The first kappa shape index (κ1) is 12.7. The van der Waals surface area contributed by atoms with E-state index in [-0.39, 0.29) is 0 Å². The predicted molar refractivity (Wildman–Crippen MR) is 71.1 cm³/mol. The monoisotopic (exact) mass is 243 g/mol. The molecule has 2 aliphatic rings. The van der Waals surface area contributed by atoms with Gasteiger partial charge in [0.1, 0.15) is 0 Å². The second-order valence-electron chi connectivity index (χ2n) is 5.24. The van der Waals surface area contributed by atoms with Crippen molar-refractivity contribution in [2.45, 2.75) is 45.1 Å². The van der Waals surface area contributed by atoms with Crippen molar-refractivity contribution in [2.24, 2.45) is 5.41 Å². The maximum Gasteiger partial charge on any atom is 0.0471 e. The quantitative estimate of drug-likeness (QED) is 0.695. The van der Waals surface area contributed by atoms with Gasteiger partial charge >= 0.3 is 0 Å². The van der Waals surface area contributed by atoms with Gasteiger partial charge in [-0.05, 0) is 43.8 Å². The largest absolute Gasteiger partial charge is 0.382 e. The third-order valence-electron chi connectivity index (χ3n) is 4.09. The van der Waals surface area contributed by atoms with E-state index in [1.165, 1.54) is 50.2 Å². The molecule has 1 unspecified atom stereocenters. The zero-order valence-corrected chi connectivity index (χ0v) is 11.3. The highest BCUT2D eigenvalue weighted by atomic mass is 32.2. The Morgan fingerprint density at radius 2 is 2.31 bits per heavy atom. The lowest BCUT2D eigenvalue weighted by molar-refractivity contribution is 0.0524. The van der Waals surface area contributed by atoms with Crippen LogP contribution in [0.15, 0.2) is 0 Å². The molecule has 1 saturated carbocycles. The Balaban J connectivity index is 1.67. The van der Waals surface area contributed by atoms with Crippen LogP contribution in [0.5, 0.6) is 0 Å². The van der Waals surface area contributed by atoms with Crippen molar-refractivity contribution in [3.8, 4) is 0 Å². The van der Waals surface area contributed by atoms with Crippen molar-refractivity contribution in [1.82, 2.24) is 5.32 Å². The summed E-state index contributed by atoms with van der Waals surface area (Å²) in [5.41, 5.74) is 0.586. The van der Waals surface area contributed by atoms with Gasteiger partial charge in [-0.15, -0.1) is 0 Å². The summed E-state index contributed by atoms with van der Waals surface area (Å²) in [5, 5.41) is 3.77. The molecule has 0 aromatic carbocycles. The average molecular weight is 243 g/mol. The molecule has 2 fully saturated rings. The fourth-order valence-electron chi connectivity index (χ4n) is 2.68. The summed E-state index contributed by atoms with van der Waals surface area (Å²) < 4.78 is 5.50. The van der Waals surface area contributed by atoms with Gasteiger partial charge in [0, 0.05) is 31.6 Å². The Bertz CT molecular complexity index is 200. The molecule has 1 heterocycles. The van der Waals surface area contributed by atoms with E-state index in [9.17, 15) is 0 Å². The molecule has 1 atom stereocenters. The molecule has 0 spiro atoms. The van der Waals surface area contributed by atoms with Crippen LogP contribution in [0.1, 0.15) is 39.0 Å². The van der Waals surface area contributed by atoms with Crippen LogP contribution in [-0.2, 0) is 4.74 Å². The van der Waals surface area contributed by atoms with Gasteiger partial charge in [0.25, 0.3) is 0 Å². The van der Waals surface area contributed by atoms with Crippen LogP contribution < -0.4 is 5.32 Å². The lowest BCUT2D eigenvalue weighted by Gasteiger charge is -2.43. The molecule has 0 aromatic heterocycles. The smallest absolute Gasteiger partial charge is 0.0471 e. The summed E-state index contributed by atoms with van der Waals surface area (Å²) in [6, 6.07) is 0.787. The minimum atomic E-state index is 0.586. The fraction of sp³-hybridized carbons (Fsp3) is 1.00. The molecule has 3 heteroatoms. The van der Waals surface area contributed by atoms with Crippen molar-refractivity contribution >= 4 is 11.8 Å². The van der Waals surface area contributed by atoms with Crippen molar-refractivity contribution < 1.29 is 4.74 Å². The van der Waals surface area contributed by atoms with Gasteiger partial charge in [-0.1, -0.05) is 6.42 Å². The van der Waals surface area contributed by atoms with E-state index in [1.807, 2.05) is 0 Å². The van der Waals surface area contributed by atoms with Crippen LogP contribution in [0.3, 0.4) is 0 Å². The van der Waals surface area contributed by atoms with Gasteiger partial charge in [0.15, 0.2) is 0 Å². The first-order valence-corrected chi connectivity index (χ1v) is 7.89. The second kappa shape index (κ2) is 6.27. The fourth-order valence-corrected chi connectivity index (χ4v) is 3.87. The van der Waals surface area contributed by atoms with E-state index in [4.69, 9.17) is 4.74 Å². The number of ether oxygens (including phenoxy) is 1. The zero-order valence-electron chi connectivity index (χ0n) is 10.5. The van der Waals surface area contributed by atoms with Crippen molar-refractivity contribution in [3.05, 3.63) is 0 Å². The van der Waals surface area contributed by atoms with Crippen LogP contribution in [0.2, 0.25) is 0 Å². The van der Waals surface area contributed by atoms with Gasteiger partial charge in [0.2, 0.25) is 0 Å². The van der Waals surface area contributed by atoms with Gasteiger partial charge in [-0.2, -0.15) is 11.8 Å². The van der Waals surface area contributed by atoms with Crippen molar-refractivity contribution in [2.75, 3.05) is 31.3 Å². The Hall–Kier alpha value is 0.270. The Morgan fingerprint density at radius 3 is 2.88 bits per heavy atom. The molecule has 1 aliphatic heterocycles. The number of rotatable bonds is 7. The van der Waals surface area contributed by atoms with Crippen LogP contribution >= 0.6 is 11.8 Å². The van der Waals surface area contributed by atoms with Crippen molar-refractivity contribution in [1.29, 1.82) is 0 Å². The standard InChI is InChI=1S/C13H25NOS/c1-2-15-8-7-13(5-3-6-13)11-14-12-4-9-16-10-12/h12,14H,2-11H2,1H3. The molecular weight excluding hydrogens is 218 g/mol. The number of thioether (sulfide) groups is 1. The maximum atomic E-state index is 5.50. The summed E-state index contributed by atoms with van der Waals surface area (Å²) in [6.07, 6.45) is 6.87. The van der Waals surface area contributed by atoms with Gasteiger partial charge in [-0.3, -0.25) is 0 Å². The first-order chi connectivity index (χ1) is 7.85. The van der Waals surface area contributed by atoms with Gasteiger partial charge in [0.05, 0.1) is 0 Å². The summed E-state index contributed by atoms with van der Waals surface area (Å²) >= 11 is 2.09. The lowest BCUT2D eigenvalue weighted by atomic mass is 9.66. The summed E-state index contributed by atoms with van der Waals surface area (Å²) in [7, 11) is 0. The third kappa shape index (κ3) is 3.38. The Morgan fingerprint density at radius 1 is 1.44 bits per heavy atom. The highest BCUT2D eigenvalue weighted by Crippen LogP contribution is 2.43. The normalized spacial score (nSPS) is 27.9. The number of hydrogen-bond acceptors (Lipinski definition) is 3. The topological polar surface area (TPSA) is 21.3 Å². The van der Waals surface area contributed by atoms with Gasteiger partial charge < -0.3 is 10.1 Å². The van der Waals surface area contributed by atoms with E-state index >= 15 is 0 Å². The van der Waals surface area contributed by atoms with E-state index < -0.39 is 0 Å². The molecule has 16 heavy (non-hydrogen) atoms. The molecule has 0 amide bonds. The van der Waals surface area contributed by atoms with E-state index in [0.717, 1.165) is 19.3 Å². The molecule has 0 bridgehead atoms. The minimum absolute atomic E-state index is 0.586. The molecule has 0 radical (unpaired) electrons. The predicted octanol–water partition coefficient (Wildman–Crippen LogP) is 2.68. The second-order valence-corrected chi connectivity index (χ2v) is 6.39. The van der Waals surface area contributed by atoms with E-state index in [1.54, 1.807) is 0 Å². The van der Waals surface area contributed by atoms with E-state index in [0.29, 0.717) is 5.41 Å². The number of nitrogens with one attached hydrogen (secondary N) is 1. The molecule has 1 aliphatic carbocycles. The highest BCUT2D eigenvalue weighted by molar-refractivity contribution is 7.99. The van der Waals surface area contributed by atoms with Crippen LogP contribution in [-0.4, -0.2) is 37.3 Å². The average Bonchev–Trinajstić information content (AvgIpc) is 2.73. The molecule has 1 N–H and O–H groups in total. The molecular formula is C13H25NOS. The lowest BCUT2D eigenvalue weighted by Crippen LogP contribution is -2.44. The highest BCUT2D eigenvalue weighted by Gasteiger charge is 2.36.